The smallest absolute Gasteiger partial charge is 0.223 e. The lowest BCUT2D eigenvalue weighted by Gasteiger charge is -2.38. The van der Waals surface area contributed by atoms with Crippen molar-refractivity contribution in [3.05, 3.63) is 54.6 Å². The molecule has 2 fully saturated rings. The van der Waals surface area contributed by atoms with E-state index in [9.17, 15) is 4.79 Å². The third kappa shape index (κ3) is 4.82. The van der Waals surface area contributed by atoms with Gasteiger partial charge in [-0.3, -0.25) is 4.79 Å². The summed E-state index contributed by atoms with van der Waals surface area (Å²) in [5.74, 6) is 0.376. The van der Waals surface area contributed by atoms with Gasteiger partial charge in [-0.25, -0.2) is 4.98 Å². The number of carbonyl (C=O) groups is 1. The molecule has 0 unspecified atom stereocenters. The van der Waals surface area contributed by atoms with Crippen LogP contribution >= 0.6 is 0 Å². The lowest BCUT2D eigenvalue weighted by molar-refractivity contribution is -0.127. The fourth-order valence-corrected chi connectivity index (χ4v) is 4.79. The number of benzene rings is 1. The highest BCUT2D eigenvalue weighted by Crippen LogP contribution is 2.41. The second-order valence-corrected chi connectivity index (χ2v) is 8.58. The van der Waals surface area contributed by atoms with E-state index in [0.29, 0.717) is 5.91 Å². The summed E-state index contributed by atoms with van der Waals surface area (Å²) in [4.78, 5) is 21.4. The number of aryl methyl sites for hydroxylation is 2. The van der Waals surface area contributed by atoms with Crippen LogP contribution in [0.15, 0.2) is 49.1 Å². The second kappa shape index (κ2) is 8.91. The number of carbonyl (C=O) groups excluding carboxylic acids is 1. The Morgan fingerprint density at radius 3 is 2.57 bits per heavy atom. The van der Waals surface area contributed by atoms with E-state index in [0.717, 1.165) is 65.0 Å². The summed E-state index contributed by atoms with van der Waals surface area (Å²) < 4.78 is 2.15. The zero-order chi connectivity index (χ0) is 19.2. The molecule has 3 heterocycles. The van der Waals surface area contributed by atoms with Crippen LogP contribution < -0.4 is 0 Å². The number of amides is 1. The lowest BCUT2D eigenvalue weighted by Crippen LogP contribution is -2.42. The molecule has 28 heavy (non-hydrogen) atoms. The predicted molar refractivity (Wildman–Crippen MR) is 111 cm³/mol. The van der Waals surface area contributed by atoms with Gasteiger partial charge >= 0.3 is 0 Å². The zero-order valence-electron chi connectivity index (χ0n) is 16.8. The Morgan fingerprint density at radius 1 is 1.00 bits per heavy atom. The molecule has 0 N–H and O–H groups in total. The van der Waals surface area contributed by atoms with E-state index in [2.05, 4.69) is 49.7 Å². The Kier molecular flexibility index (Phi) is 6.10. The topological polar surface area (TPSA) is 41.4 Å². The van der Waals surface area contributed by atoms with Gasteiger partial charge < -0.3 is 14.4 Å². The zero-order valence-corrected chi connectivity index (χ0v) is 16.8. The quantitative estimate of drug-likeness (QED) is 0.706. The molecule has 4 rings (SSSR count). The van der Waals surface area contributed by atoms with Crippen molar-refractivity contribution in [1.82, 2.24) is 19.4 Å². The summed E-state index contributed by atoms with van der Waals surface area (Å²) in [6.45, 7) is 6.33. The maximum absolute atomic E-state index is 12.6. The van der Waals surface area contributed by atoms with E-state index < -0.39 is 0 Å². The van der Waals surface area contributed by atoms with Gasteiger partial charge in [0.1, 0.15) is 0 Å². The summed E-state index contributed by atoms with van der Waals surface area (Å²) in [7, 11) is 0. The average Bonchev–Trinajstić information content (AvgIpc) is 3.33. The first kappa shape index (κ1) is 19.2. The van der Waals surface area contributed by atoms with Crippen LogP contribution in [0.5, 0.6) is 0 Å². The highest BCUT2D eigenvalue weighted by molar-refractivity contribution is 5.79. The van der Waals surface area contributed by atoms with Crippen molar-refractivity contribution < 1.29 is 4.79 Å². The summed E-state index contributed by atoms with van der Waals surface area (Å²) in [5, 5.41) is 0. The maximum Gasteiger partial charge on any atom is 0.223 e. The van der Waals surface area contributed by atoms with Gasteiger partial charge in [0.15, 0.2) is 0 Å². The predicted octanol–water partition coefficient (Wildman–Crippen LogP) is 3.22. The van der Waals surface area contributed by atoms with Gasteiger partial charge in [0.2, 0.25) is 5.91 Å². The number of aromatic nitrogens is 2. The van der Waals surface area contributed by atoms with Crippen molar-refractivity contribution in [2.45, 2.75) is 45.1 Å². The van der Waals surface area contributed by atoms with Crippen molar-refractivity contribution in [3.63, 3.8) is 0 Å². The number of imidazole rings is 1. The first-order valence-corrected chi connectivity index (χ1v) is 10.7. The maximum atomic E-state index is 12.6. The Labute approximate surface area is 168 Å². The minimum atomic E-state index is 0.241. The molecule has 0 radical (unpaired) electrons. The SMILES string of the molecule is O=C1CC2(CCN(CCCn3ccnc3)CC2)CN1CCCc1ccccc1. The molecule has 5 nitrogen and oxygen atoms in total. The number of hydrogen-bond donors (Lipinski definition) is 0. The first-order chi connectivity index (χ1) is 13.7. The standard InChI is InChI=1S/C23H32N4O/c28-22-18-23(19-27(22)14-4-8-21-6-2-1-3-7-21)9-15-25(16-10-23)12-5-13-26-17-11-24-20-26/h1-3,6-7,11,17,20H,4-5,8-10,12-16,18-19H2. The fourth-order valence-electron chi connectivity index (χ4n) is 4.79. The molecule has 0 aliphatic carbocycles. The molecule has 1 spiro atoms. The van der Waals surface area contributed by atoms with Crippen LogP contribution in [0.2, 0.25) is 0 Å². The summed E-state index contributed by atoms with van der Waals surface area (Å²) in [6, 6.07) is 10.6. The third-order valence-electron chi connectivity index (χ3n) is 6.51. The Hall–Kier alpha value is -2.14. The van der Waals surface area contributed by atoms with Crippen LogP contribution in [0.1, 0.15) is 37.7 Å². The molecule has 150 valence electrons. The molecule has 1 amide bonds. The molecular weight excluding hydrogens is 348 g/mol. The average molecular weight is 381 g/mol. The van der Waals surface area contributed by atoms with Crippen molar-refractivity contribution >= 4 is 5.91 Å². The number of nitrogens with zero attached hydrogens (tertiary/aromatic N) is 4. The van der Waals surface area contributed by atoms with Gasteiger partial charge in [-0.15, -0.1) is 0 Å². The Bertz CT molecular complexity index is 735. The number of likely N-dealkylation sites (tertiary alicyclic amines) is 2. The van der Waals surface area contributed by atoms with Crippen LogP contribution in [0, 0.1) is 5.41 Å². The van der Waals surface area contributed by atoms with Crippen LogP contribution in [0.4, 0.5) is 0 Å². The molecule has 2 aromatic rings. The first-order valence-electron chi connectivity index (χ1n) is 10.7. The van der Waals surface area contributed by atoms with Gasteiger partial charge in [0, 0.05) is 38.4 Å². The van der Waals surface area contributed by atoms with Gasteiger partial charge in [-0.05, 0) is 62.7 Å². The van der Waals surface area contributed by atoms with Gasteiger partial charge in [0.05, 0.1) is 6.33 Å². The van der Waals surface area contributed by atoms with Crippen LogP contribution in [0.3, 0.4) is 0 Å². The fraction of sp³-hybridized carbons (Fsp3) is 0.565. The molecule has 0 saturated carbocycles. The monoisotopic (exact) mass is 380 g/mol. The minimum Gasteiger partial charge on any atom is -0.342 e. The summed E-state index contributed by atoms with van der Waals surface area (Å²) >= 11 is 0. The molecule has 1 aromatic carbocycles. The lowest BCUT2D eigenvalue weighted by atomic mass is 9.77. The van der Waals surface area contributed by atoms with E-state index in [1.54, 1.807) is 0 Å². The highest BCUT2D eigenvalue weighted by Gasteiger charge is 2.44. The molecule has 1 aromatic heterocycles. The van der Waals surface area contributed by atoms with E-state index in [4.69, 9.17) is 0 Å². The van der Waals surface area contributed by atoms with Crippen molar-refractivity contribution in [1.29, 1.82) is 0 Å². The number of piperidine rings is 1. The summed E-state index contributed by atoms with van der Waals surface area (Å²) in [6.07, 6.45) is 12.1. The molecule has 2 aliphatic heterocycles. The van der Waals surface area contributed by atoms with Crippen LogP contribution in [-0.2, 0) is 17.8 Å². The van der Waals surface area contributed by atoms with E-state index in [-0.39, 0.29) is 5.41 Å². The molecule has 0 bridgehead atoms. The Balaban J connectivity index is 1.18. The highest BCUT2D eigenvalue weighted by atomic mass is 16.2. The molecule has 5 heteroatoms. The minimum absolute atomic E-state index is 0.241. The number of rotatable bonds is 8. The molecular formula is C23H32N4O. The summed E-state index contributed by atoms with van der Waals surface area (Å²) in [5.41, 5.74) is 1.61. The van der Waals surface area contributed by atoms with E-state index in [1.807, 2.05) is 18.7 Å². The van der Waals surface area contributed by atoms with Gasteiger partial charge in [-0.1, -0.05) is 30.3 Å². The van der Waals surface area contributed by atoms with Crippen molar-refractivity contribution in [2.75, 3.05) is 32.7 Å². The normalized spacial score (nSPS) is 19.6. The van der Waals surface area contributed by atoms with Crippen molar-refractivity contribution in [2.24, 2.45) is 5.41 Å². The van der Waals surface area contributed by atoms with E-state index >= 15 is 0 Å². The molecule has 2 saturated heterocycles. The largest absolute Gasteiger partial charge is 0.342 e. The molecule has 0 atom stereocenters. The van der Waals surface area contributed by atoms with Crippen molar-refractivity contribution in [3.8, 4) is 0 Å². The Morgan fingerprint density at radius 2 is 1.82 bits per heavy atom. The van der Waals surface area contributed by atoms with Gasteiger partial charge in [0.25, 0.3) is 0 Å². The molecule has 2 aliphatic rings. The van der Waals surface area contributed by atoms with Gasteiger partial charge in [-0.2, -0.15) is 0 Å². The van der Waals surface area contributed by atoms with Crippen LogP contribution in [-0.4, -0.2) is 58.0 Å². The van der Waals surface area contributed by atoms with Crippen LogP contribution in [0.25, 0.3) is 0 Å². The third-order valence-corrected chi connectivity index (χ3v) is 6.51. The van der Waals surface area contributed by atoms with E-state index in [1.165, 1.54) is 18.4 Å². The number of hydrogen-bond acceptors (Lipinski definition) is 3. The second-order valence-electron chi connectivity index (χ2n) is 8.58.